The lowest BCUT2D eigenvalue weighted by Crippen LogP contribution is -2.62. The largest absolute Gasteiger partial charge is 0.506 e. The summed E-state index contributed by atoms with van der Waals surface area (Å²) in [6.07, 6.45) is -7.59. The standard InChI is InChI=1S/C70H80N14O22S5/c1-31(57(87)71-13-14-99-17-18-101-20-19-100-16-15-97-8)72-58(88)40-28-110-66(77-40)51-45(86)21-36-50(79-51)39-26-108-64(74-39)38-25-104-68(93)53-37-24-102-54(55(106-46-22-70(5,95)56(83(6)7)34(4)105-46)69(94)103-23-35-11-10-12-44(47(35)37)84(53)96)52(67-78-41(29-111-67)59(89)73-38)82-61(91)43-30-109-65(76-43)49(33(3)98-9)81-62(92)48(32(2)85)80-60(90)42-27-107-63(36)75-42/h10-12,21,26-32,34,38,46,48,52,54-56,85-86,95-96H,13-20,22-25H2,1-9H3,(H,71,87)(H,72,88)(H,73,89)(H,80,90)(H,81,92)(H,82,91)/b49-33+/t31-,32+,34-,38-,46-,48-,52-,54-,55-,56+,70-/m0/s1. The number of methoxy groups -OCH3 is 2. The Balaban J connectivity index is 0.937. The van der Waals surface area contributed by atoms with Crippen LogP contribution < -0.4 is 31.9 Å². The maximum Gasteiger partial charge on any atom is 0.358 e. The summed E-state index contributed by atoms with van der Waals surface area (Å²) in [5.41, 5.74) is -2.79. The summed E-state index contributed by atoms with van der Waals surface area (Å²) < 4.78 is 59.7. The van der Waals surface area contributed by atoms with Crippen molar-refractivity contribution in [2.24, 2.45) is 0 Å². The number of aliphatic hydroxyl groups excluding tert-OH is 1. The molecule has 10 N–H and O–H groups in total. The number of hydrogen-bond acceptors (Lipinski definition) is 34. The smallest absolute Gasteiger partial charge is 0.358 e. The van der Waals surface area contributed by atoms with Gasteiger partial charge < -0.3 is 105 Å². The molecule has 11 atom stereocenters. The molecule has 41 heteroatoms. The number of fused-ring (bicyclic) bond motifs is 15. The molecule has 12 bridgehead atoms. The van der Waals surface area contributed by atoms with E-state index in [4.69, 9.17) is 62.3 Å². The van der Waals surface area contributed by atoms with E-state index in [2.05, 4.69) is 46.9 Å². The van der Waals surface area contributed by atoms with Gasteiger partial charge in [0.1, 0.15) is 126 Å². The Bertz CT molecular complexity index is 4820. The highest BCUT2D eigenvalue weighted by Gasteiger charge is 2.50. The molecule has 4 aliphatic heterocycles. The minimum atomic E-state index is -1.93. The Labute approximate surface area is 653 Å². The lowest BCUT2D eigenvalue weighted by molar-refractivity contribution is -0.280. The third-order valence-corrected chi connectivity index (χ3v) is 22.7. The van der Waals surface area contributed by atoms with Crippen molar-refractivity contribution in [3.63, 3.8) is 0 Å². The van der Waals surface area contributed by atoms with Gasteiger partial charge in [0.05, 0.1) is 89.3 Å². The molecular weight excluding hydrogens is 1550 g/mol. The number of hydrogen-bond donors (Lipinski definition) is 10. The Morgan fingerprint density at radius 3 is 2.14 bits per heavy atom. The maximum atomic E-state index is 15.2. The number of aliphatic hydroxyl groups is 2. The minimum absolute atomic E-state index is 0.00832. The zero-order valence-electron chi connectivity index (χ0n) is 61.2. The summed E-state index contributed by atoms with van der Waals surface area (Å²) in [7, 11) is 6.43. The Kier molecular flexibility index (Phi) is 25.9. The molecule has 11 heterocycles. The average Bonchev–Trinajstić information content (AvgIpc) is 1.73. The first-order valence-electron chi connectivity index (χ1n) is 34.7. The van der Waals surface area contributed by atoms with E-state index in [0.717, 1.165) is 56.7 Å². The molecule has 7 aromatic heterocycles. The van der Waals surface area contributed by atoms with Crippen molar-refractivity contribution in [2.75, 3.05) is 87.7 Å². The monoisotopic (exact) mass is 1630 g/mol. The molecule has 36 nitrogen and oxygen atoms in total. The number of cyclic esters (lactones) is 2. The molecule has 4 aliphatic rings. The van der Waals surface area contributed by atoms with E-state index >= 15 is 19.2 Å². The quantitative estimate of drug-likeness (QED) is 0.0209. The Morgan fingerprint density at radius 1 is 0.775 bits per heavy atom. The van der Waals surface area contributed by atoms with Crippen molar-refractivity contribution in [3.05, 3.63) is 112 Å². The number of amides is 6. The molecule has 0 saturated carbocycles. The van der Waals surface area contributed by atoms with Crippen LogP contribution in [0.5, 0.6) is 5.75 Å². The molecule has 12 rings (SSSR count). The van der Waals surface area contributed by atoms with Gasteiger partial charge in [-0.3, -0.25) is 28.8 Å². The number of ether oxygens (including phenoxy) is 10. The number of esters is 2. The summed E-state index contributed by atoms with van der Waals surface area (Å²) in [6, 6.07) is -0.410. The molecule has 0 spiro atoms. The van der Waals surface area contributed by atoms with Crippen LogP contribution in [0.1, 0.15) is 132 Å². The zero-order chi connectivity index (χ0) is 79.1. The van der Waals surface area contributed by atoms with Gasteiger partial charge in [0.2, 0.25) is 11.8 Å². The van der Waals surface area contributed by atoms with Crippen LogP contribution in [-0.2, 0) is 75.0 Å². The van der Waals surface area contributed by atoms with E-state index in [1.54, 1.807) is 52.1 Å². The van der Waals surface area contributed by atoms with Crippen LogP contribution in [-0.4, -0.2) is 250 Å². The molecule has 0 aliphatic carbocycles. The number of carbonyl (C=O) groups is 8. The van der Waals surface area contributed by atoms with Crippen molar-refractivity contribution in [1.29, 1.82) is 0 Å². The predicted octanol–water partition coefficient (Wildman–Crippen LogP) is 4.09. The SMILES string of the molecule is COCCOCCOCCOCCNC(=O)[C@H](C)NC(=O)c1csc(-c2nc3c(cc2O)-c2nc(cs2)C(=O)N[C@@H]([C@@H](C)O)C(=O)N/C(=C(\C)OC)c2nc(cs2)C(=O)N[C@@H]2c4nc(cs4)C(=O)N[C@@H](COC(=O)c4c5c6c(cccc6n4O)COC(=O)[C@@H](O[C@H]4C[C@](C)(O)[C@H](N(C)C)[C@H](C)O4)[C@H]2OC5)c2nc-3cs2)n1. The lowest BCUT2D eigenvalue weighted by Gasteiger charge is -2.48. The van der Waals surface area contributed by atoms with Crippen LogP contribution in [0, 0.1) is 0 Å². The van der Waals surface area contributed by atoms with E-state index in [9.17, 15) is 39.7 Å². The van der Waals surface area contributed by atoms with Crippen LogP contribution in [0.15, 0.2) is 56.9 Å². The molecule has 1 aromatic carbocycles. The van der Waals surface area contributed by atoms with Gasteiger partial charge in [0, 0.05) is 63.5 Å². The summed E-state index contributed by atoms with van der Waals surface area (Å²) in [5, 5.41) is 71.0. The van der Waals surface area contributed by atoms with Gasteiger partial charge in [0.25, 0.3) is 23.6 Å². The third-order valence-electron chi connectivity index (χ3n) is 18.2. The number of nitrogens with zero attached hydrogens (tertiary/aromatic N) is 8. The predicted molar refractivity (Wildman–Crippen MR) is 399 cm³/mol. The van der Waals surface area contributed by atoms with Crippen molar-refractivity contribution in [2.45, 2.75) is 121 Å². The summed E-state index contributed by atoms with van der Waals surface area (Å²) >= 11 is 4.51. The lowest BCUT2D eigenvalue weighted by atomic mass is 9.85. The normalized spacial score (nSPS) is 22.9. The van der Waals surface area contributed by atoms with Crippen LogP contribution in [0.4, 0.5) is 0 Å². The second-order valence-electron chi connectivity index (χ2n) is 26.3. The topological polar surface area (TPSA) is 467 Å². The summed E-state index contributed by atoms with van der Waals surface area (Å²) in [5.74, 6) is -7.68. The number of benzene rings is 1. The first kappa shape index (κ1) is 81.1. The minimum Gasteiger partial charge on any atom is -0.506 e. The average molecular weight is 1630 g/mol. The number of pyridine rings is 1. The maximum absolute atomic E-state index is 15.2. The molecule has 6 amide bonds. The Hall–Kier alpha value is -9.44. The van der Waals surface area contributed by atoms with Gasteiger partial charge in [-0.1, -0.05) is 12.1 Å². The Morgan fingerprint density at radius 2 is 1.42 bits per heavy atom. The van der Waals surface area contributed by atoms with Gasteiger partial charge in [-0.05, 0) is 66.4 Å². The van der Waals surface area contributed by atoms with E-state index in [1.807, 2.05) is 0 Å². The highest BCUT2D eigenvalue weighted by molar-refractivity contribution is 7.14. The van der Waals surface area contributed by atoms with Gasteiger partial charge >= 0.3 is 11.9 Å². The van der Waals surface area contributed by atoms with E-state index in [-0.39, 0.29) is 125 Å². The second kappa shape index (κ2) is 35.5. The molecule has 592 valence electrons. The highest BCUT2D eigenvalue weighted by Crippen LogP contribution is 2.43. The van der Waals surface area contributed by atoms with Crippen molar-refractivity contribution in [3.8, 4) is 38.4 Å². The summed E-state index contributed by atoms with van der Waals surface area (Å²) in [6.45, 7) is 8.27. The van der Waals surface area contributed by atoms with Gasteiger partial charge in [0.15, 0.2) is 18.1 Å². The van der Waals surface area contributed by atoms with Crippen molar-refractivity contribution >= 4 is 121 Å². The number of aromatic hydroxyl groups is 1. The van der Waals surface area contributed by atoms with Crippen LogP contribution >= 0.6 is 56.7 Å². The number of rotatable bonds is 21. The molecule has 8 aromatic rings. The van der Waals surface area contributed by atoms with Gasteiger partial charge in [-0.2, -0.15) is 4.73 Å². The van der Waals surface area contributed by atoms with Gasteiger partial charge in [-0.15, -0.1) is 56.7 Å². The second-order valence-corrected chi connectivity index (χ2v) is 30.7. The fourth-order valence-electron chi connectivity index (χ4n) is 12.9. The van der Waals surface area contributed by atoms with E-state index in [1.165, 1.54) is 66.9 Å². The van der Waals surface area contributed by atoms with Gasteiger partial charge in [-0.25, -0.2) is 39.5 Å². The van der Waals surface area contributed by atoms with Crippen LogP contribution in [0.2, 0.25) is 0 Å². The van der Waals surface area contributed by atoms with Crippen LogP contribution in [0.25, 0.3) is 49.3 Å². The molecule has 0 radical (unpaired) electrons. The number of likely N-dealkylation sites (N-methyl/N-ethyl adjacent to an activating group) is 1. The van der Waals surface area contributed by atoms with E-state index in [0.29, 0.717) is 43.3 Å². The fraction of sp³-hybridized carbons (Fsp3) is 0.457. The van der Waals surface area contributed by atoms with Crippen molar-refractivity contribution in [1.82, 2.24) is 71.4 Å². The fourth-order valence-corrected chi connectivity index (χ4v) is 17.1. The number of aromatic nitrogens is 7. The number of allylic oxidation sites excluding steroid dienone is 1. The third kappa shape index (κ3) is 18.2. The molecule has 1 fully saturated rings. The number of thiazole rings is 5. The molecule has 1 saturated heterocycles. The number of carbonyl (C=O) groups excluding carboxylic acids is 8. The number of nitrogens with one attached hydrogen (secondary N) is 6. The zero-order valence-corrected chi connectivity index (χ0v) is 65.3. The molecule has 0 unspecified atom stereocenters. The van der Waals surface area contributed by atoms with E-state index < -0.39 is 145 Å². The summed E-state index contributed by atoms with van der Waals surface area (Å²) in [4.78, 5) is 147. The van der Waals surface area contributed by atoms with Crippen molar-refractivity contribution < 1.29 is 106 Å². The van der Waals surface area contributed by atoms with Crippen LogP contribution in [0.3, 0.4) is 0 Å². The molecular formula is C70H80N14O22S5. The first-order chi connectivity index (χ1) is 53.2. The first-order valence-corrected chi connectivity index (χ1v) is 39.1. The molecule has 111 heavy (non-hydrogen) atoms. The highest BCUT2D eigenvalue weighted by atomic mass is 32.1.